The van der Waals surface area contributed by atoms with Gasteiger partial charge in [-0.1, -0.05) is 30.3 Å². The predicted molar refractivity (Wildman–Crippen MR) is 121 cm³/mol. The SMILES string of the molecule is CC(C)n1ncc2c(C(=O)NCC(C)(C)[NH+]3CCOCC3)cc(-c3ccccc3)nc21. The topological polar surface area (TPSA) is 73.5 Å². The van der Waals surface area contributed by atoms with Crippen LogP contribution in [0.2, 0.25) is 0 Å². The lowest BCUT2D eigenvalue weighted by Gasteiger charge is -2.37. The average Bonchev–Trinajstić information content (AvgIpc) is 3.22. The van der Waals surface area contributed by atoms with Crippen LogP contribution in [-0.4, -0.2) is 59.1 Å². The molecule has 7 heteroatoms. The number of carbonyl (C=O) groups is 1. The van der Waals surface area contributed by atoms with Gasteiger partial charge in [0.05, 0.1) is 42.6 Å². The molecule has 0 atom stereocenters. The van der Waals surface area contributed by atoms with E-state index in [-0.39, 0.29) is 17.5 Å². The molecule has 2 aromatic heterocycles. The van der Waals surface area contributed by atoms with Gasteiger partial charge in [0.2, 0.25) is 0 Å². The number of quaternary nitrogens is 1. The molecule has 2 N–H and O–H groups in total. The Labute approximate surface area is 183 Å². The second-order valence-corrected chi connectivity index (χ2v) is 9.12. The number of hydrogen-bond donors (Lipinski definition) is 2. The lowest BCUT2D eigenvalue weighted by molar-refractivity contribution is -0.954. The molecule has 0 unspecified atom stereocenters. The number of pyridine rings is 1. The van der Waals surface area contributed by atoms with Gasteiger partial charge in [-0.05, 0) is 33.8 Å². The molecule has 4 rings (SSSR count). The summed E-state index contributed by atoms with van der Waals surface area (Å²) >= 11 is 0. The van der Waals surface area contributed by atoms with E-state index in [1.165, 1.54) is 4.90 Å². The van der Waals surface area contributed by atoms with E-state index in [4.69, 9.17) is 9.72 Å². The van der Waals surface area contributed by atoms with E-state index in [0.717, 1.165) is 48.6 Å². The van der Waals surface area contributed by atoms with E-state index < -0.39 is 0 Å². The van der Waals surface area contributed by atoms with Crippen molar-refractivity contribution in [2.45, 2.75) is 39.3 Å². The summed E-state index contributed by atoms with van der Waals surface area (Å²) in [5.41, 5.74) is 3.03. The average molecular weight is 423 g/mol. The van der Waals surface area contributed by atoms with Crippen molar-refractivity contribution in [3.8, 4) is 11.3 Å². The Morgan fingerprint density at radius 3 is 2.61 bits per heavy atom. The number of rotatable bonds is 6. The molecular formula is C24H32N5O2+. The van der Waals surface area contributed by atoms with Gasteiger partial charge in [0.25, 0.3) is 5.91 Å². The number of aromatic nitrogens is 3. The summed E-state index contributed by atoms with van der Waals surface area (Å²) in [6, 6.07) is 12.0. The van der Waals surface area contributed by atoms with Crippen molar-refractivity contribution in [3.63, 3.8) is 0 Å². The van der Waals surface area contributed by atoms with Gasteiger partial charge in [-0.15, -0.1) is 0 Å². The summed E-state index contributed by atoms with van der Waals surface area (Å²) in [6.07, 6.45) is 1.75. The summed E-state index contributed by atoms with van der Waals surface area (Å²) in [5, 5.41) is 8.47. The molecule has 0 saturated carbocycles. The van der Waals surface area contributed by atoms with Crippen LogP contribution < -0.4 is 10.2 Å². The molecule has 1 saturated heterocycles. The molecule has 1 aliphatic rings. The van der Waals surface area contributed by atoms with Crippen LogP contribution in [0.5, 0.6) is 0 Å². The first-order valence-corrected chi connectivity index (χ1v) is 11.0. The Morgan fingerprint density at radius 2 is 1.94 bits per heavy atom. The number of ether oxygens (including phenoxy) is 1. The third-order valence-electron chi connectivity index (χ3n) is 6.11. The lowest BCUT2D eigenvalue weighted by atomic mass is 10.0. The fourth-order valence-corrected chi connectivity index (χ4v) is 4.16. The zero-order chi connectivity index (χ0) is 22.0. The molecule has 1 fully saturated rings. The minimum absolute atomic E-state index is 0.0735. The van der Waals surface area contributed by atoms with E-state index in [0.29, 0.717) is 12.1 Å². The van der Waals surface area contributed by atoms with E-state index in [9.17, 15) is 4.79 Å². The maximum absolute atomic E-state index is 13.3. The van der Waals surface area contributed by atoms with Crippen LogP contribution in [-0.2, 0) is 4.74 Å². The van der Waals surface area contributed by atoms with Crippen molar-refractivity contribution in [1.82, 2.24) is 20.1 Å². The van der Waals surface area contributed by atoms with Gasteiger partial charge in [-0.3, -0.25) is 4.79 Å². The number of benzene rings is 1. The number of nitrogens with zero attached hydrogens (tertiary/aromatic N) is 3. The summed E-state index contributed by atoms with van der Waals surface area (Å²) in [7, 11) is 0. The summed E-state index contributed by atoms with van der Waals surface area (Å²) in [4.78, 5) is 19.7. The molecule has 3 heterocycles. The zero-order valence-corrected chi connectivity index (χ0v) is 18.8. The molecule has 31 heavy (non-hydrogen) atoms. The van der Waals surface area contributed by atoms with Crippen LogP contribution in [0.15, 0.2) is 42.6 Å². The number of morpholine rings is 1. The van der Waals surface area contributed by atoms with Crippen LogP contribution in [0, 0.1) is 0 Å². The van der Waals surface area contributed by atoms with Crippen molar-refractivity contribution in [1.29, 1.82) is 0 Å². The first kappa shape index (κ1) is 21.5. The minimum Gasteiger partial charge on any atom is -0.370 e. The molecule has 0 spiro atoms. The first-order valence-electron chi connectivity index (χ1n) is 11.0. The van der Waals surface area contributed by atoms with Gasteiger partial charge >= 0.3 is 0 Å². The summed E-state index contributed by atoms with van der Waals surface area (Å²) < 4.78 is 7.37. The van der Waals surface area contributed by atoms with Crippen molar-refractivity contribution in [2.75, 3.05) is 32.8 Å². The normalized spacial score (nSPS) is 15.5. The van der Waals surface area contributed by atoms with Crippen molar-refractivity contribution < 1.29 is 14.4 Å². The van der Waals surface area contributed by atoms with E-state index in [1.54, 1.807) is 6.20 Å². The van der Waals surface area contributed by atoms with E-state index >= 15 is 0 Å². The first-order chi connectivity index (χ1) is 14.9. The fourth-order valence-electron chi connectivity index (χ4n) is 4.16. The Morgan fingerprint density at radius 1 is 1.23 bits per heavy atom. The molecule has 7 nitrogen and oxygen atoms in total. The standard InChI is InChI=1S/C24H31N5O2/c1-17(2)29-22-20(15-26-29)19(14-21(27-22)18-8-6-5-7-9-18)23(30)25-16-24(3,4)28-10-12-31-13-11-28/h5-9,14-15,17H,10-13,16H2,1-4H3,(H,25,30)/p+1. The largest absolute Gasteiger partial charge is 0.370 e. The maximum Gasteiger partial charge on any atom is 0.252 e. The van der Waals surface area contributed by atoms with Crippen molar-refractivity contribution >= 4 is 16.9 Å². The highest BCUT2D eigenvalue weighted by atomic mass is 16.5. The highest BCUT2D eigenvalue weighted by Gasteiger charge is 2.33. The number of hydrogen-bond acceptors (Lipinski definition) is 4. The van der Waals surface area contributed by atoms with Gasteiger partial charge < -0.3 is 15.0 Å². The summed E-state index contributed by atoms with van der Waals surface area (Å²) in [5.74, 6) is -0.0892. The Kier molecular flexibility index (Phi) is 6.07. The summed E-state index contributed by atoms with van der Waals surface area (Å²) in [6.45, 7) is 12.6. The molecule has 0 aliphatic carbocycles. The number of carbonyl (C=O) groups excluding carboxylic acids is 1. The highest BCUT2D eigenvalue weighted by molar-refractivity contribution is 6.06. The third kappa shape index (κ3) is 4.48. The van der Waals surface area contributed by atoms with Crippen LogP contribution in [0.4, 0.5) is 0 Å². The second-order valence-electron chi connectivity index (χ2n) is 9.12. The van der Waals surface area contributed by atoms with Gasteiger partial charge in [0, 0.05) is 11.6 Å². The minimum atomic E-state index is -0.0892. The van der Waals surface area contributed by atoms with Gasteiger partial charge in [0.15, 0.2) is 5.65 Å². The number of amides is 1. The highest BCUT2D eigenvalue weighted by Crippen LogP contribution is 2.26. The number of nitrogens with one attached hydrogen (secondary N) is 2. The molecule has 164 valence electrons. The molecular weight excluding hydrogens is 390 g/mol. The van der Waals surface area contributed by atoms with Gasteiger partial charge in [-0.2, -0.15) is 5.10 Å². The van der Waals surface area contributed by atoms with Crippen molar-refractivity contribution in [2.24, 2.45) is 0 Å². The Hall–Kier alpha value is -2.77. The van der Waals surface area contributed by atoms with E-state index in [1.807, 2.05) is 41.1 Å². The maximum atomic E-state index is 13.3. The van der Waals surface area contributed by atoms with E-state index in [2.05, 4.69) is 38.1 Å². The van der Waals surface area contributed by atoms with Gasteiger partial charge in [0.1, 0.15) is 18.6 Å². The Bertz CT molecular complexity index is 1050. The predicted octanol–water partition coefficient (Wildman–Crippen LogP) is 2.10. The quantitative estimate of drug-likeness (QED) is 0.638. The molecule has 3 aromatic rings. The molecule has 0 radical (unpaired) electrons. The third-order valence-corrected chi connectivity index (χ3v) is 6.11. The molecule has 1 amide bonds. The fraction of sp³-hybridized carbons (Fsp3) is 0.458. The zero-order valence-electron chi connectivity index (χ0n) is 18.8. The molecule has 0 bridgehead atoms. The monoisotopic (exact) mass is 422 g/mol. The van der Waals surface area contributed by atoms with Crippen LogP contribution in [0.1, 0.15) is 44.1 Å². The van der Waals surface area contributed by atoms with Crippen LogP contribution in [0.25, 0.3) is 22.3 Å². The number of fused-ring (bicyclic) bond motifs is 1. The molecule has 1 aromatic carbocycles. The second kappa shape index (κ2) is 8.77. The van der Waals surface area contributed by atoms with Crippen molar-refractivity contribution in [3.05, 3.63) is 48.2 Å². The van der Waals surface area contributed by atoms with Crippen LogP contribution in [0.3, 0.4) is 0 Å². The van der Waals surface area contributed by atoms with Crippen LogP contribution >= 0.6 is 0 Å². The molecule has 1 aliphatic heterocycles. The Balaban J connectivity index is 1.66. The smallest absolute Gasteiger partial charge is 0.252 e. The van der Waals surface area contributed by atoms with Gasteiger partial charge in [-0.25, -0.2) is 9.67 Å². The lowest BCUT2D eigenvalue weighted by Crippen LogP contribution is -3.22.